The first-order chi connectivity index (χ1) is 34.5. The molecule has 0 bridgehead atoms. The molecule has 0 aliphatic carbocycles. The van der Waals surface area contributed by atoms with Gasteiger partial charge in [-0.3, -0.25) is 14.4 Å². The van der Waals surface area contributed by atoms with Crippen molar-refractivity contribution in [3.63, 3.8) is 0 Å². The molecule has 2 aromatic heterocycles. The van der Waals surface area contributed by atoms with Crippen molar-refractivity contribution >= 4 is 17.9 Å². The highest BCUT2D eigenvalue weighted by Gasteiger charge is 2.19. The SMILES string of the molecule is C#CCC(C)C(=O)OCc1ccccc1.C[C@@H](Cc1cn(Cc2ccccc2)nn1)C(=O)OCc1ccccc1.C[C@@H](Cc1cn(Cc2ccccc2)nn1)C(=O)OCc1ccccc1.OC1CCCO1. The molecule has 71 heavy (non-hydrogen) atoms. The number of terminal acetylenes is 1. The van der Waals surface area contributed by atoms with Crippen LogP contribution in [0.15, 0.2) is 164 Å². The molecule has 5 aromatic carbocycles. The number of aliphatic hydroxyl groups is 1. The monoisotopic (exact) mass is 960 g/mol. The molecule has 14 heteroatoms. The maximum absolute atomic E-state index is 12.1. The summed E-state index contributed by atoms with van der Waals surface area (Å²) in [5, 5.41) is 25.1. The Morgan fingerprint density at radius 2 is 0.915 bits per heavy atom. The van der Waals surface area contributed by atoms with E-state index < -0.39 is 6.29 Å². The molecule has 2 unspecified atom stereocenters. The van der Waals surface area contributed by atoms with E-state index >= 15 is 0 Å². The smallest absolute Gasteiger partial charge is 0.309 e. The van der Waals surface area contributed by atoms with E-state index in [9.17, 15) is 14.4 Å². The summed E-state index contributed by atoms with van der Waals surface area (Å²) in [5.41, 5.74) is 6.86. The van der Waals surface area contributed by atoms with Gasteiger partial charge in [0, 0.05) is 44.7 Å². The summed E-state index contributed by atoms with van der Waals surface area (Å²) in [7, 11) is 0. The Morgan fingerprint density at radius 3 is 1.21 bits per heavy atom. The molecule has 1 saturated heterocycles. The number of rotatable bonds is 18. The molecule has 0 saturated carbocycles. The second-order valence-corrected chi connectivity index (χ2v) is 17.1. The van der Waals surface area contributed by atoms with Crippen molar-refractivity contribution in [3.05, 3.63) is 203 Å². The molecule has 14 nitrogen and oxygen atoms in total. The standard InChI is InChI=1S/2C20H21N3O2.C13H14O2.C4H8O2/c2*1-16(20(24)25-15-18-10-6-3-7-11-18)12-19-14-23(22-21-19)13-17-8-4-2-5-9-17;1-3-7-11(2)13(14)15-10-12-8-5-4-6-9-12;5-4-2-1-3-6-4/h2*2-11,14,16H,12-13,15H2,1H3;1,4-6,8-9,11H,7,10H2,2H3;4-5H,1-3H2/t2*16-;;/m00../s1. The third kappa shape index (κ3) is 21.2. The number of carbonyl (C=O) groups is 3. The summed E-state index contributed by atoms with van der Waals surface area (Å²) >= 11 is 0. The van der Waals surface area contributed by atoms with Crippen molar-refractivity contribution in [3.8, 4) is 12.3 Å². The average Bonchev–Trinajstić information content (AvgIpc) is 4.19. The van der Waals surface area contributed by atoms with Gasteiger partial charge in [0.05, 0.1) is 42.2 Å². The summed E-state index contributed by atoms with van der Waals surface area (Å²) < 4.78 is 24.1. The lowest BCUT2D eigenvalue weighted by Gasteiger charge is -2.10. The molecule has 0 radical (unpaired) electrons. The number of carbonyl (C=O) groups excluding carboxylic acids is 3. The van der Waals surface area contributed by atoms with Crippen molar-refractivity contribution in [2.24, 2.45) is 17.8 Å². The molecule has 7 aromatic rings. The van der Waals surface area contributed by atoms with Crippen molar-refractivity contribution in [1.82, 2.24) is 30.0 Å². The topological polar surface area (TPSA) is 170 Å². The van der Waals surface area contributed by atoms with E-state index in [1.165, 1.54) is 0 Å². The van der Waals surface area contributed by atoms with Crippen LogP contribution < -0.4 is 0 Å². The molecule has 1 fully saturated rings. The summed E-state index contributed by atoms with van der Waals surface area (Å²) in [5.74, 6) is 1.02. The number of benzene rings is 5. The van der Waals surface area contributed by atoms with Crippen LogP contribution in [-0.2, 0) is 79.1 Å². The van der Waals surface area contributed by atoms with Crippen LogP contribution in [0.5, 0.6) is 0 Å². The van der Waals surface area contributed by atoms with E-state index in [0.717, 1.165) is 58.7 Å². The zero-order chi connectivity index (χ0) is 50.5. The molecule has 370 valence electrons. The minimum Gasteiger partial charge on any atom is -0.461 e. The van der Waals surface area contributed by atoms with Crippen molar-refractivity contribution < 1.29 is 38.4 Å². The van der Waals surface area contributed by atoms with Crippen LogP contribution in [0.1, 0.15) is 79.2 Å². The van der Waals surface area contributed by atoms with Gasteiger partial charge in [-0.25, -0.2) is 9.36 Å². The molecule has 1 N–H and O–H groups in total. The van der Waals surface area contributed by atoms with E-state index in [1.807, 2.05) is 178 Å². The van der Waals surface area contributed by atoms with Crippen LogP contribution in [0.4, 0.5) is 0 Å². The molecular formula is C57H64N6O8. The van der Waals surface area contributed by atoms with Gasteiger partial charge in [-0.2, -0.15) is 0 Å². The number of aromatic nitrogens is 6. The van der Waals surface area contributed by atoms with Crippen molar-refractivity contribution in [2.45, 2.75) is 92.1 Å². The molecule has 3 heterocycles. The molecule has 4 atom stereocenters. The molecule has 1 aliphatic rings. The van der Waals surface area contributed by atoms with Gasteiger partial charge in [0.2, 0.25) is 0 Å². The fraction of sp³-hybridized carbons (Fsp3) is 0.316. The normalized spacial score (nSPS) is 13.7. The second kappa shape index (κ2) is 30.7. The quantitative estimate of drug-likeness (QED) is 0.0493. The minimum atomic E-state index is -0.454. The lowest BCUT2D eigenvalue weighted by Crippen LogP contribution is -2.17. The van der Waals surface area contributed by atoms with Crippen molar-refractivity contribution in [2.75, 3.05) is 6.61 Å². The van der Waals surface area contributed by atoms with Gasteiger partial charge in [-0.15, -0.1) is 22.5 Å². The lowest BCUT2D eigenvalue weighted by atomic mass is 10.1. The lowest BCUT2D eigenvalue weighted by molar-refractivity contribution is -0.150. The largest absolute Gasteiger partial charge is 0.461 e. The molecule has 0 amide bonds. The zero-order valence-electron chi connectivity index (χ0n) is 40.7. The van der Waals surface area contributed by atoms with Crippen LogP contribution in [-0.4, -0.2) is 65.9 Å². The predicted molar refractivity (Wildman–Crippen MR) is 269 cm³/mol. The summed E-state index contributed by atoms with van der Waals surface area (Å²) in [6.07, 6.45) is 11.7. The predicted octanol–water partition coefficient (Wildman–Crippen LogP) is 9.00. The fourth-order valence-electron chi connectivity index (χ4n) is 6.79. The van der Waals surface area contributed by atoms with Gasteiger partial charge in [-0.05, 0) is 34.2 Å². The number of esters is 3. The third-order valence-corrected chi connectivity index (χ3v) is 10.8. The minimum absolute atomic E-state index is 0.221. The Balaban J connectivity index is 0.000000192. The second-order valence-electron chi connectivity index (χ2n) is 17.1. The molecule has 1 aliphatic heterocycles. The maximum Gasteiger partial charge on any atom is 0.309 e. The van der Waals surface area contributed by atoms with Gasteiger partial charge in [0.1, 0.15) is 19.8 Å². The van der Waals surface area contributed by atoms with Crippen LogP contribution in [0, 0.1) is 30.1 Å². The maximum atomic E-state index is 12.1. The summed E-state index contributed by atoms with van der Waals surface area (Å²) in [6, 6.07) is 49.1. The van der Waals surface area contributed by atoms with Gasteiger partial charge >= 0.3 is 17.9 Å². The van der Waals surface area contributed by atoms with Crippen LogP contribution in [0.3, 0.4) is 0 Å². The fourth-order valence-corrected chi connectivity index (χ4v) is 6.79. The van der Waals surface area contributed by atoms with E-state index in [2.05, 4.69) is 26.5 Å². The van der Waals surface area contributed by atoms with Gasteiger partial charge in [0.15, 0.2) is 6.29 Å². The van der Waals surface area contributed by atoms with Crippen LogP contribution >= 0.6 is 0 Å². The number of aliphatic hydroxyl groups excluding tert-OH is 1. The van der Waals surface area contributed by atoms with Crippen LogP contribution in [0.2, 0.25) is 0 Å². The van der Waals surface area contributed by atoms with Gasteiger partial charge < -0.3 is 24.1 Å². The van der Waals surface area contributed by atoms with Crippen molar-refractivity contribution in [1.29, 1.82) is 0 Å². The van der Waals surface area contributed by atoms with E-state index in [1.54, 1.807) is 16.3 Å². The Bertz CT molecular complexity index is 2480. The van der Waals surface area contributed by atoms with Crippen LogP contribution in [0.25, 0.3) is 0 Å². The number of ether oxygens (including phenoxy) is 4. The van der Waals surface area contributed by atoms with E-state index in [0.29, 0.717) is 52.2 Å². The summed E-state index contributed by atoms with van der Waals surface area (Å²) in [6.45, 7) is 8.45. The molecule has 0 spiro atoms. The number of hydrogen-bond acceptors (Lipinski definition) is 12. The molecule has 8 rings (SSSR count). The first-order valence-electron chi connectivity index (χ1n) is 23.7. The molecular weight excluding hydrogens is 897 g/mol. The Morgan fingerprint density at radius 1 is 0.577 bits per heavy atom. The third-order valence-electron chi connectivity index (χ3n) is 10.8. The number of nitrogens with zero attached hydrogens (tertiary/aromatic N) is 6. The Kier molecular flexibility index (Phi) is 23.4. The van der Waals surface area contributed by atoms with E-state index in [-0.39, 0.29) is 35.7 Å². The highest BCUT2D eigenvalue weighted by atomic mass is 16.6. The summed E-state index contributed by atoms with van der Waals surface area (Å²) in [4.78, 5) is 35.7. The first-order valence-corrected chi connectivity index (χ1v) is 23.7. The highest BCUT2D eigenvalue weighted by molar-refractivity contribution is 5.73. The first kappa shape index (κ1) is 54.2. The Labute approximate surface area is 417 Å². The number of hydrogen-bond donors (Lipinski definition) is 1. The van der Waals surface area contributed by atoms with Gasteiger partial charge in [-0.1, -0.05) is 183 Å². The highest BCUT2D eigenvalue weighted by Crippen LogP contribution is 2.14. The average molecular weight is 961 g/mol. The Hall–Kier alpha value is -7.73. The van der Waals surface area contributed by atoms with Gasteiger partial charge in [0.25, 0.3) is 0 Å². The zero-order valence-corrected chi connectivity index (χ0v) is 40.7. The van der Waals surface area contributed by atoms with E-state index in [4.69, 9.17) is 30.5 Å².